The van der Waals surface area contributed by atoms with Gasteiger partial charge in [-0.15, -0.1) is 11.3 Å². The zero-order valence-corrected chi connectivity index (χ0v) is 12.2. The van der Waals surface area contributed by atoms with E-state index in [1.165, 1.54) is 0 Å². The molecular formula is C16H13N3OS. The number of hydrogen-bond donors (Lipinski definition) is 1. The molecule has 0 aliphatic rings. The van der Waals surface area contributed by atoms with Crippen molar-refractivity contribution in [1.82, 2.24) is 9.97 Å². The zero-order chi connectivity index (χ0) is 14.7. The average molecular weight is 295 g/mol. The van der Waals surface area contributed by atoms with Crippen LogP contribution in [0.1, 0.15) is 15.4 Å². The molecule has 0 bridgehead atoms. The standard InChI is InChI=1S/C16H13N3OS/c1-11-18-15(10-21-11)13-4-2-3-5-14(13)19-16(20)12-6-8-17-9-7-12/h2-10H,1H3,(H,19,20). The molecule has 0 atom stereocenters. The van der Waals surface area contributed by atoms with Crippen LogP contribution in [0.2, 0.25) is 0 Å². The Balaban J connectivity index is 1.91. The highest BCUT2D eigenvalue weighted by Gasteiger charge is 2.11. The van der Waals surface area contributed by atoms with Gasteiger partial charge in [-0.1, -0.05) is 18.2 Å². The van der Waals surface area contributed by atoms with E-state index >= 15 is 0 Å². The lowest BCUT2D eigenvalue weighted by Gasteiger charge is -2.09. The summed E-state index contributed by atoms with van der Waals surface area (Å²) in [6.07, 6.45) is 3.20. The van der Waals surface area contributed by atoms with E-state index in [0.717, 1.165) is 22.0 Å². The first-order chi connectivity index (χ1) is 10.2. The minimum absolute atomic E-state index is 0.156. The largest absolute Gasteiger partial charge is 0.321 e. The van der Waals surface area contributed by atoms with Gasteiger partial charge in [0.25, 0.3) is 5.91 Å². The van der Waals surface area contributed by atoms with E-state index in [4.69, 9.17) is 0 Å². The Morgan fingerprint density at radius 2 is 1.90 bits per heavy atom. The first-order valence-electron chi connectivity index (χ1n) is 6.47. The van der Waals surface area contributed by atoms with Crippen LogP contribution in [0.3, 0.4) is 0 Å². The van der Waals surface area contributed by atoms with Crippen molar-refractivity contribution in [1.29, 1.82) is 0 Å². The van der Waals surface area contributed by atoms with Gasteiger partial charge in [-0.3, -0.25) is 9.78 Å². The smallest absolute Gasteiger partial charge is 0.255 e. The van der Waals surface area contributed by atoms with Crippen LogP contribution in [0.15, 0.2) is 54.2 Å². The van der Waals surface area contributed by atoms with Gasteiger partial charge in [0.05, 0.1) is 16.4 Å². The number of aromatic nitrogens is 2. The second-order valence-corrected chi connectivity index (χ2v) is 5.55. The fraction of sp³-hybridized carbons (Fsp3) is 0.0625. The summed E-state index contributed by atoms with van der Waals surface area (Å²) in [6, 6.07) is 11.0. The number of thiazole rings is 1. The van der Waals surface area contributed by atoms with Gasteiger partial charge in [-0.05, 0) is 25.1 Å². The third-order valence-corrected chi connectivity index (χ3v) is 3.79. The molecule has 104 valence electrons. The number of nitrogens with one attached hydrogen (secondary N) is 1. The topological polar surface area (TPSA) is 54.9 Å². The number of amides is 1. The maximum Gasteiger partial charge on any atom is 0.255 e. The number of nitrogens with zero attached hydrogens (tertiary/aromatic N) is 2. The molecule has 1 aromatic carbocycles. The lowest BCUT2D eigenvalue weighted by Crippen LogP contribution is -2.12. The molecule has 0 saturated heterocycles. The monoisotopic (exact) mass is 295 g/mol. The predicted molar refractivity (Wildman–Crippen MR) is 84.5 cm³/mol. The summed E-state index contributed by atoms with van der Waals surface area (Å²) in [5.74, 6) is -0.156. The molecule has 0 aliphatic carbocycles. The molecule has 0 unspecified atom stereocenters. The van der Waals surface area contributed by atoms with Gasteiger partial charge in [-0.25, -0.2) is 4.98 Å². The second kappa shape index (κ2) is 5.85. The number of benzene rings is 1. The predicted octanol–water partition coefficient (Wildman–Crippen LogP) is 3.77. The highest BCUT2D eigenvalue weighted by molar-refractivity contribution is 7.09. The SMILES string of the molecule is Cc1nc(-c2ccccc2NC(=O)c2ccncc2)cs1. The molecule has 0 saturated carbocycles. The maximum absolute atomic E-state index is 12.2. The highest BCUT2D eigenvalue weighted by atomic mass is 32.1. The number of rotatable bonds is 3. The summed E-state index contributed by atoms with van der Waals surface area (Å²) in [7, 11) is 0. The molecule has 4 nitrogen and oxygen atoms in total. The van der Waals surface area contributed by atoms with Crippen LogP contribution >= 0.6 is 11.3 Å². The molecule has 2 heterocycles. The molecule has 2 aromatic heterocycles. The maximum atomic E-state index is 12.2. The average Bonchev–Trinajstić information content (AvgIpc) is 2.95. The molecule has 0 fully saturated rings. The van der Waals surface area contributed by atoms with Gasteiger partial charge in [0.2, 0.25) is 0 Å². The Morgan fingerprint density at radius 1 is 1.14 bits per heavy atom. The van der Waals surface area contributed by atoms with Gasteiger partial charge < -0.3 is 5.32 Å². The third-order valence-electron chi connectivity index (χ3n) is 3.01. The Labute approximate surface area is 126 Å². The van der Waals surface area contributed by atoms with Crippen LogP contribution in [0.25, 0.3) is 11.3 Å². The molecule has 3 aromatic rings. The Hall–Kier alpha value is -2.53. The summed E-state index contributed by atoms with van der Waals surface area (Å²) >= 11 is 1.59. The van der Waals surface area contributed by atoms with Crippen LogP contribution in [0.4, 0.5) is 5.69 Å². The number of anilines is 1. The van der Waals surface area contributed by atoms with E-state index in [-0.39, 0.29) is 5.91 Å². The van der Waals surface area contributed by atoms with Crippen LogP contribution in [0.5, 0.6) is 0 Å². The fourth-order valence-electron chi connectivity index (χ4n) is 2.00. The van der Waals surface area contributed by atoms with Crippen molar-refractivity contribution >= 4 is 22.9 Å². The van der Waals surface area contributed by atoms with Gasteiger partial charge in [0.1, 0.15) is 0 Å². The van der Waals surface area contributed by atoms with Crippen molar-refractivity contribution in [3.05, 3.63) is 64.7 Å². The van der Waals surface area contributed by atoms with Crippen LogP contribution < -0.4 is 5.32 Å². The normalized spacial score (nSPS) is 10.3. The van der Waals surface area contributed by atoms with Crippen LogP contribution in [0, 0.1) is 6.92 Å². The molecule has 21 heavy (non-hydrogen) atoms. The fourth-order valence-corrected chi connectivity index (χ4v) is 2.61. The van der Waals surface area contributed by atoms with Crippen molar-refractivity contribution in [2.24, 2.45) is 0 Å². The van der Waals surface area contributed by atoms with Crippen molar-refractivity contribution in [2.75, 3.05) is 5.32 Å². The number of pyridine rings is 1. The van der Waals surface area contributed by atoms with Gasteiger partial charge in [-0.2, -0.15) is 0 Å². The Kier molecular flexibility index (Phi) is 3.75. The van der Waals surface area contributed by atoms with Crippen molar-refractivity contribution in [3.8, 4) is 11.3 Å². The Bertz CT molecular complexity index is 768. The van der Waals surface area contributed by atoms with Crippen LogP contribution in [-0.4, -0.2) is 15.9 Å². The summed E-state index contributed by atoms with van der Waals surface area (Å²) in [5, 5.41) is 5.93. The summed E-state index contributed by atoms with van der Waals surface area (Å²) in [4.78, 5) is 20.6. The van der Waals surface area contributed by atoms with E-state index in [9.17, 15) is 4.79 Å². The summed E-state index contributed by atoms with van der Waals surface area (Å²) in [5.41, 5.74) is 3.13. The van der Waals surface area contributed by atoms with E-state index in [1.807, 2.05) is 36.6 Å². The van der Waals surface area contributed by atoms with Crippen LogP contribution in [-0.2, 0) is 0 Å². The van der Waals surface area contributed by atoms with E-state index in [0.29, 0.717) is 5.56 Å². The van der Waals surface area contributed by atoms with Crippen molar-refractivity contribution in [2.45, 2.75) is 6.92 Å². The molecular weight excluding hydrogens is 282 g/mol. The van der Waals surface area contributed by atoms with Gasteiger partial charge >= 0.3 is 0 Å². The van der Waals surface area contributed by atoms with E-state index in [2.05, 4.69) is 15.3 Å². The molecule has 0 radical (unpaired) electrons. The molecule has 3 rings (SSSR count). The summed E-state index contributed by atoms with van der Waals surface area (Å²) in [6.45, 7) is 1.96. The van der Waals surface area contributed by atoms with Crippen molar-refractivity contribution < 1.29 is 4.79 Å². The number of aryl methyl sites for hydroxylation is 1. The molecule has 1 N–H and O–H groups in total. The number of para-hydroxylation sites is 1. The molecule has 0 spiro atoms. The van der Waals surface area contributed by atoms with Gasteiger partial charge in [0, 0.05) is 28.9 Å². The minimum Gasteiger partial charge on any atom is -0.321 e. The third kappa shape index (κ3) is 2.98. The molecule has 0 aliphatic heterocycles. The quantitative estimate of drug-likeness (QED) is 0.800. The lowest BCUT2D eigenvalue weighted by molar-refractivity contribution is 0.102. The van der Waals surface area contributed by atoms with E-state index < -0.39 is 0 Å². The Morgan fingerprint density at radius 3 is 2.62 bits per heavy atom. The first-order valence-corrected chi connectivity index (χ1v) is 7.35. The number of carbonyl (C=O) groups excluding carboxylic acids is 1. The van der Waals surface area contributed by atoms with Crippen molar-refractivity contribution in [3.63, 3.8) is 0 Å². The molecule has 5 heteroatoms. The molecule has 1 amide bonds. The lowest BCUT2D eigenvalue weighted by atomic mass is 10.1. The van der Waals surface area contributed by atoms with Gasteiger partial charge in [0.15, 0.2) is 0 Å². The highest BCUT2D eigenvalue weighted by Crippen LogP contribution is 2.29. The number of carbonyl (C=O) groups is 1. The van der Waals surface area contributed by atoms with E-state index in [1.54, 1.807) is 35.9 Å². The zero-order valence-electron chi connectivity index (χ0n) is 11.4. The first kappa shape index (κ1) is 13.5. The minimum atomic E-state index is -0.156. The second-order valence-electron chi connectivity index (χ2n) is 4.49. The number of hydrogen-bond acceptors (Lipinski definition) is 4. The summed E-state index contributed by atoms with van der Waals surface area (Å²) < 4.78 is 0.